The van der Waals surface area contributed by atoms with Crippen LogP contribution in [0.3, 0.4) is 0 Å². The number of hydrogen-bond acceptors (Lipinski definition) is 5. The predicted octanol–water partition coefficient (Wildman–Crippen LogP) is 3.73. The number of hydrogen-bond donors (Lipinski definition) is 0. The quantitative estimate of drug-likeness (QED) is 0.572. The summed E-state index contributed by atoms with van der Waals surface area (Å²) in [7, 11) is 0. The SMILES string of the molecule is CCOC(=O)Cn1c(=NC(=O)COc2ccccc2C)sc2cc(Cl)ccc21. The van der Waals surface area contributed by atoms with E-state index in [0.29, 0.717) is 15.6 Å². The van der Waals surface area contributed by atoms with Gasteiger partial charge in [-0.2, -0.15) is 4.99 Å². The van der Waals surface area contributed by atoms with Gasteiger partial charge < -0.3 is 14.0 Å². The van der Waals surface area contributed by atoms with Crippen molar-refractivity contribution >= 4 is 45.0 Å². The molecule has 0 aliphatic carbocycles. The molecule has 1 heterocycles. The topological polar surface area (TPSA) is 69.9 Å². The minimum Gasteiger partial charge on any atom is -0.483 e. The van der Waals surface area contributed by atoms with Gasteiger partial charge in [-0.25, -0.2) is 0 Å². The molecule has 0 aliphatic rings. The smallest absolute Gasteiger partial charge is 0.326 e. The molecule has 0 bridgehead atoms. The summed E-state index contributed by atoms with van der Waals surface area (Å²) in [4.78, 5) is 28.9. The van der Waals surface area contributed by atoms with E-state index in [1.165, 1.54) is 11.3 Å². The number of amides is 1. The molecule has 0 spiro atoms. The molecule has 0 saturated heterocycles. The molecule has 0 aliphatic heterocycles. The van der Waals surface area contributed by atoms with Crippen molar-refractivity contribution in [3.05, 3.63) is 57.9 Å². The number of fused-ring (bicyclic) bond motifs is 1. The third-order valence-electron chi connectivity index (χ3n) is 3.90. The van der Waals surface area contributed by atoms with E-state index in [2.05, 4.69) is 4.99 Å². The molecule has 6 nitrogen and oxygen atoms in total. The van der Waals surface area contributed by atoms with E-state index in [4.69, 9.17) is 21.1 Å². The predicted molar refractivity (Wildman–Crippen MR) is 109 cm³/mol. The summed E-state index contributed by atoms with van der Waals surface area (Å²) in [5.74, 6) is -0.214. The van der Waals surface area contributed by atoms with Crippen LogP contribution < -0.4 is 9.54 Å². The molecule has 146 valence electrons. The average molecular weight is 419 g/mol. The van der Waals surface area contributed by atoms with Gasteiger partial charge in [-0.15, -0.1) is 0 Å². The number of aryl methyl sites for hydroxylation is 1. The number of para-hydroxylation sites is 1. The maximum absolute atomic E-state index is 12.4. The highest BCUT2D eigenvalue weighted by molar-refractivity contribution is 7.16. The van der Waals surface area contributed by atoms with Crippen LogP contribution in [-0.4, -0.2) is 29.7 Å². The highest BCUT2D eigenvalue weighted by Crippen LogP contribution is 2.22. The van der Waals surface area contributed by atoms with Gasteiger partial charge in [0, 0.05) is 5.02 Å². The monoisotopic (exact) mass is 418 g/mol. The van der Waals surface area contributed by atoms with Crippen LogP contribution in [0.1, 0.15) is 12.5 Å². The first-order chi connectivity index (χ1) is 13.5. The van der Waals surface area contributed by atoms with E-state index in [1.807, 2.05) is 25.1 Å². The molecule has 0 unspecified atom stereocenters. The molecule has 1 aromatic heterocycles. The largest absolute Gasteiger partial charge is 0.483 e. The van der Waals surface area contributed by atoms with Crippen molar-refractivity contribution in [3.8, 4) is 5.75 Å². The number of carbonyl (C=O) groups is 2. The Morgan fingerprint density at radius 2 is 2.00 bits per heavy atom. The number of ether oxygens (including phenoxy) is 2. The fourth-order valence-electron chi connectivity index (χ4n) is 2.62. The molecule has 1 amide bonds. The Morgan fingerprint density at radius 1 is 1.21 bits per heavy atom. The lowest BCUT2D eigenvalue weighted by Crippen LogP contribution is -2.24. The van der Waals surface area contributed by atoms with Crippen molar-refractivity contribution in [3.63, 3.8) is 0 Å². The van der Waals surface area contributed by atoms with E-state index in [0.717, 1.165) is 15.8 Å². The zero-order valence-electron chi connectivity index (χ0n) is 15.5. The summed E-state index contributed by atoms with van der Waals surface area (Å²) in [5, 5.41) is 0.567. The summed E-state index contributed by atoms with van der Waals surface area (Å²) in [6.07, 6.45) is 0. The minimum absolute atomic E-state index is 0.0414. The van der Waals surface area contributed by atoms with E-state index >= 15 is 0 Å². The van der Waals surface area contributed by atoms with Crippen LogP contribution in [0, 0.1) is 6.92 Å². The van der Waals surface area contributed by atoms with Crippen LogP contribution in [0.2, 0.25) is 5.02 Å². The van der Waals surface area contributed by atoms with E-state index in [-0.39, 0.29) is 19.8 Å². The van der Waals surface area contributed by atoms with Crippen molar-refractivity contribution in [2.75, 3.05) is 13.2 Å². The first-order valence-electron chi connectivity index (χ1n) is 8.68. The highest BCUT2D eigenvalue weighted by atomic mass is 35.5. The first kappa shape index (κ1) is 20.1. The number of rotatable bonds is 6. The summed E-state index contributed by atoms with van der Waals surface area (Å²) >= 11 is 7.34. The lowest BCUT2D eigenvalue weighted by molar-refractivity contribution is -0.143. The molecule has 0 saturated carbocycles. The lowest BCUT2D eigenvalue weighted by Gasteiger charge is -2.06. The normalized spacial score (nSPS) is 11.6. The molecule has 2 aromatic carbocycles. The molecule has 0 fully saturated rings. The average Bonchev–Trinajstić information content (AvgIpc) is 2.97. The molecular formula is C20H19ClN2O4S. The number of esters is 1. The Bertz CT molecular complexity index is 1090. The molecular weight excluding hydrogens is 400 g/mol. The minimum atomic E-state index is -0.446. The fourth-order valence-corrected chi connectivity index (χ4v) is 3.94. The molecule has 0 radical (unpaired) electrons. The first-order valence-corrected chi connectivity index (χ1v) is 9.88. The summed E-state index contributed by atoms with van der Waals surface area (Å²) in [6.45, 7) is 3.69. The Labute approximate surface area is 171 Å². The van der Waals surface area contributed by atoms with Gasteiger partial charge >= 0.3 is 5.97 Å². The Balaban J connectivity index is 1.90. The van der Waals surface area contributed by atoms with Gasteiger partial charge in [0.2, 0.25) is 0 Å². The number of carbonyl (C=O) groups excluding carboxylic acids is 2. The van der Waals surface area contributed by atoms with Gasteiger partial charge in [-0.05, 0) is 43.7 Å². The van der Waals surface area contributed by atoms with Crippen molar-refractivity contribution < 1.29 is 19.1 Å². The Kier molecular flexibility index (Phi) is 6.49. The summed E-state index contributed by atoms with van der Waals surface area (Å²) in [6, 6.07) is 12.7. The second-order valence-electron chi connectivity index (χ2n) is 5.95. The van der Waals surface area contributed by atoms with Gasteiger partial charge in [-0.3, -0.25) is 9.59 Å². The fraction of sp³-hybridized carbons (Fsp3) is 0.250. The van der Waals surface area contributed by atoms with Crippen molar-refractivity contribution in [2.24, 2.45) is 4.99 Å². The number of nitrogens with zero attached hydrogens (tertiary/aromatic N) is 2. The van der Waals surface area contributed by atoms with Crippen LogP contribution in [-0.2, 0) is 20.9 Å². The van der Waals surface area contributed by atoms with Crippen LogP contribution >= 0.6 is 22.9 Å². The second-order valence-corrected chi connectivity index (χ2v) is 7.39. The number of halogens is 1. The second kappa shape index (κ2) is 9.03. The summed E-state index contributed by atoms with van der Waals surface area (Å²) in [5.41, 5.74) is 1.69. The van der Waals surface area contributed by atoms with Crippen LogP contribution in [0.4, 0.5) is 0 Å². The van der Waals surface area contributed by atoms with Crippen molar-refractivity contribution in [2.45, 2.75) is 20.4 Å². The Hall–Kier alpha value is -2.64. The molecule has 0 atom stereocenters. The third kappa shape index (κ3) is 4.79. The standard InChI is InChI=1S/C20H19ClN2O4S/c1-3-26-19(25)11-23-15-9-8-14(21)10-17(15)28-20(23)22-18(24)12-27-16-7-5-4-6-13(16)2/h4-10H,3,11-12H2,1-2H3. The van der Waals surface area contributed by atoms with E-state index < -0.39 is 11.9 Å². The van der Waals surface area contributed by atoms with Crippen LogP contribution in [0.5, 0.6) is 5.75 Å². The van der Waals surface area contributed by atoms with Gasteiger partial charge in [0.25, 0.3) is 5.91 Å². The molecule has 3 rings (SSSR count). The number of aromatic nitrogens is 1. The van der Waals surface area contributed by atoms with E-state index in [9.17, 15) is 9.59 Å². The third-order valence-corrected chi connectivity index (χ3v) is 5.18. The van der Waals surface area contributed by atoms with Gasteiger partial charge in [0.05, 0.1) is 16.8 Å². The highest BCUT2D eigenvalue weighted by Gasteiger charge is 2.13. The van der Waals surface area contributed by atoms with Gasteiger partial charge in [0.1, 0.15) is 12.3 Å². The van der Waals surface area contributed by atoms with Crippen molar-refractivity contribution in [1.82, 2.24) is 4.57 Å². The molecule has 8 heteroatoms. The zero-order chi connectivity index (χ0) is 20.1. The maximum atomic E-state index is 12.4. The molecule has 3 aromatic rings. The lowest BCUT2D eigenvalue weighted by atomic mass is 10.2. The number of thiazole rings is 1. The Morgan fingerprint density at radius 3 is 2.75 bits per heavy atom. The summed E-state index contributed by atoms with van der Waals surface area (Å²) < 4.78 is 13.1. The molecule has 28 heavy (non-hydrogen) atoms. The zero-order valence-corrected chi connectivity index (χ0v) is 17.0. The molecule has 0 N–H and O–H groups in total. The van der Waals surface area contributed by atoms with Gasteiger partial charge in [-0.1, -0.05) is 41.1 Å². The maximum Gasteiger partial charge on any atom is 0.326 e. The van der Waals surface area contributed by atoms with Gasteiger partial charge in [0.15, 0.2) is 11.4 Å². The van der Waals surface area contributed by atoms with E-state index in [1.54, 1.807) is 35.8 Å². The number of benzene rings is 2. The van der Waals surface area contributed by atoms with Crippen LogP contribution in [0.15, 0.2) is 47.5 Å². The van der Waals surface area contributed by atoms with Crippen molar-refractivity contribution in [1.29, 1.82) is 0 Å². The van der Waals surface area contributed by atoms with Crippen LogP contribution in [0.25, 0.3) is 10.2 Å².